The van der Waals surface area contributed by atoms with Crippen LogP contribution in [0.4, 0.5) is 4.79 Å². The van der Waals surface area contributed by atoms with E-state index in [1.165, 1.54) is 6.92 Å². The molecule has 0 aromatic heterocycles. The first-order valence-electron chi connectivity index (χ1n) is 2.64. The largest absolute Gasteiger partial charge is 0.523 e. The second-order valence-electron chi connectivity index (χ2n) is 1.39. The van der Waals surface area contributed by atoms with Gasteiger partial charge >= 0.3 is 12.1 Å². The molecule has 0 unspecified atom stereocenters. The van der Waals surface area contributed by atoms with Gasteiger partial charge in [-0.15, -0.1) is 0 Å². The Labute approximate surface area is 62.9 Å². The molecule has 0 heterocycles. The van der Waals surface area contributed by atoms with Gasteiger partial charge in [-0.05, 0) is 0 Å². The molecule has 0 aromatic carbocycles. The lowest BCUT2D eigenvalue weighted by molar-refractivity contribution is -0.140. The summed E-state index contributed by atoms with van der Waals surface area (Å²) >= 11 is 0. The quantitative estimate of drug-likeness (QED) is 0.459. The van der Waals surface area contributed by atoms with Gasteiger partial charge in [0.2, 0.25) is 0 Å². The van der Waals surface area contributed by atoms with Crippen LogP contribution in [-0.4, -0.2) is 23.8 Å². The van der Waals surface area contributed by atoms with Crippen molar-refractivity contribution < 1.29 is 24.2 Å². The minimum absolute atomic E-state index is 0.718. The molecule has 0 fully saturated rings. The zero-order chi connectivity index (χ0) is 8.69. The fraction of sp³-hybridized carbons (Fsp3) is 0.333. The molecule has 60 valence electrons. The Kier molecular flexibility index (Phi) is 4.32. The highest BCUT2D eigenvalue weighted by molar-refractivity contribution is 5.71. The predicted molar refractivity (Wildman–Crippen MR) is 33.5 cm³/mol. The molecule has 0 amide bonds. The molecule has 0 aromatic rings. The molecule has 5 heteroatoms. The number of hydrogen-bond donors (Lipinski definition) is 1. The topological polar surface area (TPSA) is 72.8 Å². The van der Waals surface area contributed by atoms with Gasteiger partial charge in [0.15, 0.2) is 6.61 Å². The van der Waals surface area contributed by atoms with Crippen molar-refractivity contribution in [2.75, 3.05) is 6.61 Å². The Morgan fingerprint density at radius 2 is 2.18 bits per heavy atom. The minimum atomic E-state index is -1.24. The number of ether oxygens (including phenoxy) is 2. The molecular weight excluding hydrogens is 152 g/mol. The molecule has 0 saturated carbocycles. The Morgan fingerprint density at radius 3 is 2.64 bits per heavy atom. The molecule has 0 rings (SSSR count). The molecule has 0 bridgehead atoms. The molecule has 0 radical (unpaired) electrons. The van der Waals surface area contributed by atoms with Gasteiger partial charge in [-0.3, -0.25) is 0 Å². The van der Waals surface area contributed by atoms with Crippen LogP contribution in [0.1, 0.15) is 6.92 Å². The summed E-state index contributed by atoms with van der Waals surface area (Å²) in [5.41, 5.74) is 0. The van der Waals surface area contributed by atoms with Crippen LogP contribution in [0.5, 0.6) is 0 Å². The van der Waals surface area contributed by atoms with E-state index >= 15 is 0 Å². The van der Waals surface area contributed by atoms with E-state index in [0.717, 1.165) is 0 Å². The van der Waals surface area contributed by atoms with Crippen LogP contribution in [0.3, 0.4) is 0 Å². The van der Waals surface area contributed by atoms with Gasteiger partial charge in [-0.2, -0.15) is 0 Å². The normalized spacial score (nSPS) is 7.36. The van der Waals surface area contributed by atoms with Gasteiger partial charge in [0.25, 0.3) is 0 Å². The molecule has 5 nitrogen and oxygen atoms in total. The third-order valence-corrected chi connectivity index (χ3v) is 0.550. The van der Waals surface area contributed by atoms with Crippen LogP contribution >= 0.6 is 0 Å². The Hall–Kier alpha value is -1.70. The van der Waals surface area contributed by atoms with Crippen molar-refractivity contribution in [2.24, 2.45) is 0 Å². The summed E-state index contributed by atoms with van der Waals surface area (Å²) in [4.78, 5) is 20.1. The first-order chi connectivity index (χ1) is 5.16. The average Bonchev–Trinajstić information content (AvgIpc) is 1.97. The summed E-state index contributed by atoms with van der Waals surface area (Å²) in [5.74, 6) is 1.02. The minimum Gasteiger partial charge on any atom is -0.479 e. The Balaban J connectivity index is 3.51. The number of carboxylic acids is 1. The summed E-state index contributed by atoms with van der Waals surface area (Å²) in [6, 6.07) is 0. The van der Waals surface area contributed by atoms with E-state index in [1.54, 1.807) is 0 Å². The van der Waals surface area contributed by atoms with Crippen molar-refractivity contribution in [1.29, 1.82) is 0 Å². The molecular formula is C6H6O5. The van der Waals surface area contributed by atoms with Crippen molar-refractivity contribution in [3.63, 3.8) is 0 Å². The van der Waals surface area contributed by atoms with Crippen LogP contribution < -0.4 is 0 Å². The number of hydrogen-bond acceptors (Lipinski definition) is 4. The maximum absolute atomic E-state index is 10.3. The third kappa shape index (κ3) is 6.18. The average molecular weight is 158 g/mol. The van der Waals surface area contributed by atoms with Crippen molar-refractivity contribution in [2.45, 2.75) is 6.92 Å². The van der Waals surface area contributed by atoms with E-state index in [2.05, 4.69) is 15.4 Å². The zero-order valence-electron chi connectivity index (χ0n) is 5.79. The van der Waals surface area contributed by atoms with Crippen molar-refractivity contribution >= 4 is 12.1 Å². The fourth-order valence-electron chi connectivity index (χ4n) is 0.243. The summed E-state index contributed by atoms with van der Waals surface area (Å²) in [6.07, 6.45) is 0.845. The highest BCUT2D eigenvalue weighted by Gasteiger charge is 2.04. The first kappa shape index (κ1) is 9.30. The third-order valence-electron chi connectivity index (χ3n) is 0.550. The van der Waals surface area contributed by atoms with E-state index in [-0.39, 0.29) is 0 Å². The van der Waals surface area contributed by atoms with E-state index in [1.807, 2.05) is 6.11 Å². The van der Waals surface area contributed by atoms with E-state index in [4.69, 9.17) is 5.11 Å². The van der Waals surface area contributed by atoms with Gasteiger partial charge in [-0.1, -0.05) is 5.92 Å². The number of carboxylic acid groups (broad SMARTS) is 1. The van der Waals surface area contributed by atoms with Crippen LogP contribution in [-0.2, 0) is 14.3 Å². The highest BCUT2D eigenvalue weighted by Crippen LogP contribution is 1.82. The maximum Gasteiger partial charge on any atom is 0.523 e. The number of carbonyl (C=O) groups is 2. The molecule has 11 heavy (non-hydrogen) atoms. The lowest BCUT2D eigenvalue weighted by Gasteiger charge is -1.95. The molecule has 0 aliphatic carbocycles. The second kappa shape index (κ2) is 5.11. The molecule has 0 aliphatic rings. The van der Waals surface area contributed by atoms with Crippen LogP contribution in [0.2, 0.25) is 0 Å². The summed E-state index contributed by atoms with van der Waals surface area (Å²) in [7, 11) is 0. The van der Waals surface area contributed by atoms with Gasteiger partial charge in [-0.25, -0.2) is 9.59 Å². The number of aliphatic carboxylic acids is 1. The first-order valence-corrected chi connectivity index (χ1v) is 2.64. The summed E-state index contributed by atoms with van der Waals surface area (Å²) < 4.78 is 8.10. The second-order valence-corrected chi connectivity index (χ2v) is 1.39. The van der Waals surface area contributed by atoms with Crippen molar-refractivity contribution in [1.82, 2.24) is 0 Å². The summed E-state index contributed by atoms with van der Waals surface area (Å²) in [6.45, 7) is 0.745. The van der Waals surface area contributed by atoms with Gasteiger partial charge in [0, 0.05) is 6.92 Å². The highest BCUT2D eigenvalue weighted by atomic mass is 16.7. The monoisotopic (exact) mass is 158 g/mol. The van der Waals surface area contributed by atoms with Crippen LogP contribution in [0.25, 0.3) is 0 Å². The van der Waals surface area contributed by atoms with E-state index in [0.29, 0.717) is 0 Å². The number of rotatable bonds is 2. The predicted octanol–water partition coefficient (Wildman–Crippen LogP) is 0.205. The van der Waals surface area contributed by atoms with Crippen molar-refractivity contribution in [3.05, 3.63) is 0 Å². The Bertz CT molecular complexity index is 209. The Morgan fingerprint density at radius 1 is 1.55 bits per heavy atom. The van der Waals surface area contributed by atoms with Gasteiger partial charge in [0.05, 0.1) is 0 Å². The van der Waals surface area contributed by atoms with Gasteiger partial charge in [0.1, 0.15) is 6.11 Å². The molecule has 0 atom stereocenters. The fourth-order valence-corrected chi connectivity index (χ4v) is 0.243. The van der Waals surface area contributed by atoms with E-state index < -0.39 is 18.7 Å². The lowest BCUT2D eigenvalue weighted by Crippen LogP contribution is -2.12. The van der Waals surface area contributed by atoms with Gasteiger partial charge < -0.3 is 14.6 Å². The molecule has 0 aliphatic heterocycles. The van der Waals surface area contributed by atoms with E-state index in [9.17, 15) is 9.59 Å². The van der Waals surface area contributed by atoms with Crippen molar-refractivity contribution in [3.8, 4) is 12.0 Å². The van der Waals surface area contributed by atoms with Crippen LogP contribution in [0.15, 0.2) is 0 Å². The standard InChI is InChI=1S/C6H6O5/c1-2-3-10-6(9)11-4-5(7)8/h4H2,1H3,(H,7,8). The maximum atomic E-state index is 10.3. The zero-order valence-corrected chi connectivity index (χ0v) is 5.79. The SMILES string of the molecule is CC#COC(=O)OCC(=O)O. The summed E-state index contributed by atoms with van der Waals surface area (Å²) in [5, 5.41) is 8.02. The van der Waals surface area contributed by atoms with Crippen LogP contribution in [0, 0.1) is 12.0 Å². The molecule has 1 N–H and O–H groups in total. The molecule has 0 spiro atoms. The molecule has 0 saturated heterocycles. The number of carbonyl (C=O) groups excluding carboxylic acids is 1. The smallest absolute Gasteiger partial charge is 0.479 e. The lowest BCUT2D eigenvalue weighted by atomic mass is 10.7.